The number of para-hydroxylation sites is 1. The second-order valence-electron chi connectivity index (χ2n) is 5.79. The van der Waals surface area contributed by atoms with Crippen LogP contribution in [0.3, 0.4) is 0 Å². The SMILES string of the molecule is O=C(NCCc1cccc(Cl)c1)c1ccc(Nc2c(F)cccc2F)nc1. The lowest BCUT2D eigenvalue weighted by Crippen LogP contribution is -2.25. The molecular weight excluding hydrogens is 372 g/mol. The first kappa shape index (κ1) is 18.8. The molecule has 1 aromatic heterocycles. The number of carbonyl (C=O) groups is 1. The van der Waals surface area contributed by atoms with Gasteiger partial charge in [-0.1, -0.05) is 29.8 Å². The molecule has 0 atom stereocenters. The Balaban J connectivity index is 1.57. The molecule has 1 amide bonds. The molecular formula is C20H16ClF2N3O. The fourth-order valence-corrected chi connectivity index (χ4v) is 2.68. The highest BCUT2D eigenvalue weighted by Crippen LogP contribution is 2.22. The average molecular weight is 388 g/mol. The summed E-state index contributed by atoms with van der Waals surface area (Å²) >= 11 is 5.93. The number of anilines is 2. The summed E-state index contributed by atoms with van der Waals surface area (Å²) in [5.74, 6) is -1.50. The van der Waals surface area contributed by atoms with Crippen LogP contribution in [0.2, 0.25) is 5.02 Å². The van der Waals surface area contributed by atoms with Gasteiger partial charge in [0.15, 0.2) is 0 Å². The van der Waals surface area contributed by atoms with Crippen LogP contribution in [-0.2, 0) is 6.42 Å². The first-order chi connectivity index (χ1) is 13.0. The van der Waals surface area contributed by atoms with Crippen LogP contribution in [0.5, 0.6) is 0 Å². The minimum Gasteiger partial charge on any atom is -0.352 e. The van der Waals surface area contributed by atoms with Crippen molar-refractivity contribution in [2.75, 3.05) is 11.9 Å². The molecule has 0 saturated heterocycles. The van der Waals surface area contributed by atoms with Crippen LogP contribution in [0.4, 0.5) is 20.3 Å². The van der Waals surface area contributed by atoms with Gasteiger partial charge in [-0.05, 0) is 48.4 Å². The van der Waals surface area contributed by atoms with Crippen molar-refractivity contribution in [3.63, 3.8) is 0 Å². The summed E-state index contributed by atoms with van der Waals surface area (Å²) in [6, 6.07) is 14.0. The van der Waals surface area contributed by atoms with Gasteiger partial charge in [-0.3, -0.25) is 4.79 Å². The smallest absolute Gasteiger partial charge is 0.252 e. The van der Waals surface area contributed by atoms with Crippen LogP contribution in [0, 0.1) is 11.6 Å². The molecule has 3 aromatic rings. The molecule has 2 aromatic carbocycles. The molecule has 0 spiro atoms. The third kappa shape index (κ3) is 5.01. The summed E-state index contributed by atoms with van der Waals surface area (Å²) in [5.41, 5.74) is 1.08. The minimum atomic E-state index is -0.723. The van der Waals surface area contributed by atoms with Crippen molar-refractivity contribution >= 4 is 29.0 Å². The van der Waals surface area contributed by atoms with E-state index >= 15 is 0 Å². The van der Waals surface area contributed by atoms with Gasteiger partial charge in [0.1, 0.15) is 23.1 Å². The third-order valence-corrected chi connectivity index (χ3v) is 4.06. The van der Waals surface area contributed by atoms with E-state index in [2.05, 4.69) is 15.6 Å². The zero-order valence-corrected chi connectivity index (χ0v) is 14.9. The van der Waals surface area contributed by atoms with E-state index in [0.717, 1.165) is 17.7 Å². The molecule has 3 rings (SSSR count). The lowest BCUT2D eigenvalue weighted by Gasteiger charge is -2.09. The average Bonchev–Trinajstić information content (AvgIpc) is 2.65. The van der Waals surface area contributed by atoms with Crippen molar-refractivity contribution in [1.29, 1.82) is 0 Å². The Morgan fingerprint density at radius 3 is 2.44 bits per heavy atom. The Morgan fingerprint density at radius 2 is 1.78 bits per heavy atom. The summed E-state index contributed by atoms with van der Waals surface area (Å²) < 4.78 is 27.3. The molecule has 0 aliphatic heterocycles. The number of aromatic nitrogens is 1. The number of nitrogens with zero attached hydrogens (tertiary/aromatic N) is 1. The molecule has 0 radical (unpaired) electrons. The largest absolute Gasteiger partial charge is 0.352 e. The molecule has 0 bridgehead atoms. The number of halogens is 3. The molecule has 4 nitrogen and oxygen atoms in total. The van der Waals surface area contributed by atoms with E-state index < -0.39 is 11.6 Å². The fraction of sp³-hybridized carbons (Fsp3) is 0.100. The monoisotopic (exact) mass is 387 g/mol. The maximum absolute atomic E-state index is 13.6. The van der Waals surface area contributed by atoms with Gasteiger partial charge in [0, 0.05) is 17.8 Å². The summed E-state index contributed by atoms with van der Waals surface area (Å²) in [6.45, 7) is 0.444. The van der Waals surface area contributed by atoms with Gasteiger partial charge >= 0.3 is 0 Å². The van der Waals surface area contributed by atoms with E-state index in [9.17, 15) is 13.6 Å². The Kier molecular flexibility index (Phi) is 5.98. The maximum atomic E-state index is 13.6. The quantitative estimate of drug-likeness (QED) is 0.643. The Hall–Kier alpha value is -2.99. The van der Waals surface area contributed by atoms with E-state index in [1.165, 1.54) is 24.4 Å². The van der Waals surface area contributed by atoms with Crippen molar-refractivity contribution in [2.24, 2.45) is 0 Å². The first-order valence-corrected chi connectivity index (χ1v) is 8.60. The van der Waals surface area contributed by atoms with Crippen LogP contribution < -0.4 is 10.6 Å². The van der Waals surface area contributed by atoms with Crippen LogP contribution in [-0.4, -0.2) is 17.4 Å². The second kappa shape index (κ2) is 8.60. The van der Waals surface area contributed by atoms with Gasteiger partial charge in [0.2, 0.25) is 0 Å². The molecule has 0 unspecified atom stereocenters. The fourth-order valence-electron chi connectivity index (χ4n) is 2.46. The van der Waals surface area contributed by atoms with Gasteiger partial charge in [-0.2, -0.15) is 0 Å². The minimum absolute atomic E-state index is 0.231. The maximum Gasteiger partial charge on any atom is 0.252 e. The molecule has 0 saturated carbocycles. The van der Waals surface area contributed by atoms with Gasteiger partial charge in [-0.25, -0.2) is 13.8 Å². The zero-order valence-electron chi connectivity index (χ0n) is 14.2. The molecule has 0 aliphatic rings. The number of rotatable bonds is 6. The standard InChI is InChI=1S/C20H16ClF2N3O/c21-15-4-1-3-13(11-15)9-10-24-20(27)14-7-8-18(25-12-14)26-19-16(22)5-2-6-17(19)23/h1-8,11-12H,9-10H2,(H,24,27)(H,25,26). The van der Waals surface area contributed by atoms with E-state index in [1.54, 1.807) is 6.07 Å². The lowest BCUT2D eigenvalue weighted by atomic mass is 10.1. The highest BCUT2D eigenvalue weighted by atomic mass is 35.5. The predicted octanol–water partition coefficient (Wildman–Crippen LogP) is 4.73. The van der Waals surface area contributed by atoms with E-state index in [4.69, 9.17) is 11.6 Å². The van der Waals surface area contributed by atoms with E-state index in [1.807, 2.05) is 18.2 Å². The number of hydrogen-bond acceptors (Lipinski definition) is 3. The topological polar surface area (TPSA) is 54.0 Å². The molecule has 138 valence electrons. The number of amides is 1. The molecule has 2 N–H and O–H groups in total. The normalized spacial score (nSPS) is 10.5. The van der Waals surface area contributed by atoms with Crippen molar-refractivity contribution < 1.29 is 13.6 Å². The second-order valence-corrected chi connectivity index (χ2v) is 6.23. The predicted molar refractivity (Wildman–Crippen MR) is 101 cm³/mol. The molecule has 0 aliphatic carbocycles. The molecule has 7 heteroatoms. The zero-order chi connectivity index (χ0) is 19.2. The summed E-state index contributed by atoms with van der Waals surface area (Å²) in [6.07, 6.45) is 1.99. The van der Waals surface area contributed by atoms with Crippen LogP contribution in [0.15, 0.2) is 60.8 Å². The number of hydrogen-bond donors (Lipinski definition) is 2. The van der Waals surface area contributed by atoms with Crippen molar-refractivity contribution in [3.8, 4) is 0 Å². The first-order valence-electron chi connectivity index (χ1n) is 8.22. The third-order valence-electron chi connectivity index (χ3n) is 3.83. The lowest BCUT2D eigenvalue weighted by molar-refractivity contribution is 0.0954. The molecule has 1 heterocycles. The molecule has 27 heavy (non-hydrogen) atoms. The van der Waals surface area contributed by atoms with Gasteiger partial charge in [-0.15, -0.1) is 0 Å². The summed E-state index contributed by atoms with van der Waals surface area (Å²) in [4.78, 5) is 16.2. The number of nitrogens with one attached hydrogen (secondary N) is 2. The van der Waals surface area contributed by atoms with Crippen LogP contribution in [0.25, 0.3) is 0 Å². The van der Waals surface area contributed by atoms with E-state index in [0.29, 0.717) is 23.6 Å². The van der Waals surface area contributed by atoms with Crippen molar-refractivity contribution in [2.45, 2.75) is 6.42 Å². The van der Waals surface area contributed by atoms with Gasteiger partial charge < -0.3 is 10.6 Å². The summed E-state index contributed by atoms with van der Waals surface area (Å²) in [5, 5.41) is 6.01. The number of carbonyl (C=O) groups excluding carboxylic acids is 1. The highest BCUT2D eigenvalue weighted by Gasteiger charge is 2.10. The Bertz CT molecular complexity index is 928. The number of benzene rings is 2. The Labute approximate surface area is 160 Å². The van der Waals surface area contributed by atoms with Crippen LogP contribution >= 0.6 is 11.6 Å². The van der Waals surface area contributed by atoms with Gasteiger partial charge in [0.25, 0.3) is 5.91 Å². The Morgan fingerprint density at radius 1 is 1.04 bits per heavy atom. The van der Waals surface area contributed by atoms with Crippen LogP contribution in [0.1, 0.15) is 15.9 Å². The summed E-state index contributed by atoms with van der Waals surface area (Å²) in [7, 11) is 0. The van der Waals surface area contributed by atoms with Gasteiger partial charge in [0.05, 0.1) is 5.56 Å². The molecule has 0 fully saturated rings. The van der Waals surface area contributed by atoms with Crippen molar-refractivity contribution in [1.82, 2.24) is 10.3 Å². The van der Waals surface area contributed by atoms with E-state index in [-0.39, 0.29) is 17.4 Å². The van der Waals surface area contributed by atoms with Crippen molar-refractivity contribution in [3.05, 3.63) is 88.6 Å². The highest BCUT2D eigenvalue weighted by molar-refractivity contribution is 6.30. The number of pyridine rings is 1.